The molecule has 2 nitrogen and oxygen atoms in total. The summed E-state index contributed by atoms with van der Waals surface area (Å²) in [6.07, 6.45) is 0. The van der Waals surface area contributed by atoms with E-state index in [0.717, 1.165) is 11.1 Å². The Kier molecular flexibility index (Phi) is 6.13. The van der Waals surface area contributed by atoms with Crippen molar-refractivity contribution < 1.29 is 18.0 Å². The summed E-state index contributed by atoms with van der Waals surface area (Å²) < 4.78 is 32.9. The van der Waals surface area contributed by atoms with Crippen molar-refractivity contribution in [2.75, 3.05) is 0 Å². The van der Waals surface area contributed by atoms with Gasteiger partial charge < -0.3 is 4.43 Å². The van der Waals surface area contributed by atoms with Gasteiger partial charge in [0.05, 0.1) is 5.76 Å². The standard InChI is InChI=1S/C21H24F2O2Si/c1-14(24)20(15(2)25-26(3,4)5)21(16-6-10-18(22)11-7-16)17-8-12-19(23)13-9-17/h6-13,21H,1-5H3/b20-15-. The van der Waals surface area contributed by atoms with Crippen LogP contribution in [0.4, 0.5) is 8.78 Å². The third-order valence-corrected chi connectivity index (χ3v) is 4.83. The highest BCUT2D eigenvalue weighted by atomic mass is 28.4. The van der Waals surface area contributed by atoms with Crippen molar-refractivity contribution in [3.05, 3.63) is 82.6 Å². The number of benzene rings is 2. The van der Waals surface area contributed by atoms with Gasteiger partial charge in [-0.25, -0.2) is 8.78 Å². The number of hydrogen-bond acceptors (Lipinski definition) is 2. The van der Waals surface area contributed by atoms with Crippen molar-refractivity contribution in [1.29, 1.82) is 0 Å². The van der Waals surface area contributed by atoms with Crippen LogP contribution in [0.15, 0.2) is 59.9 Å². The molecule has 0 bridgehead atoms. The van der Waals surface area contributed by atoms with Crippen molar-refractivity contribution >= 4 is 14.1 Å². The summed E-state index contributed by atoms with van der Waals surface area (Å²) in [5, 5.41) is 0. The van der Waals surface area contributed by atoms with Crippen LogP contribution in [0.5, 0.6) is 0 Å². The maximum atomic E-state index is 13.4. The van der Waals surface area contributed by atoms with E-state index in [1.54, 1.807) is 31.2 Å². The second-order valence-corrected chi connectivity index (χ2v) is 11.7. The van der Waals surface area contributed by atoms with Crippen LogP contribution in [0, 0.1) is 11.6 Å². The molecule has 0 spiro atoms. The Labute approximate surface area is 154 Å². The normalized spacial score (nSPS) is 12.8. The molecule has 0 saturated heterocycles. The van der Waals surface area contributed by atoms with Crippen LogP contribution in [-0.4, -0.2) is 14.1 Å². The molecule has 5 heteroatoms. The highest BCUT2D eigenvalue weighted by Crippen LogP contribution is 2.35. The number of ketones is 1. The lowest BCUT2D eigenvalue weighted by molar-refractivity contribution is -0.114. The average Bonchev–Trinajstić information content (AvgIpc) is 2.52. The summed E-state index contributed by atoms with van der Waals surface area (Å²) in [5.74, 6) is -0.718. The summed E-state index contributed by atoms with van der Waals surface area (Å²) in [4.78, 5) is 12.5. The van der Waals surface area contributed by atoms with E-state index < -0.39 is 14.2 Å². The molecule has 0 atom stereocenters. The van der Waals surface area contributed by atoms with E-state index in [1.807, 2.05) is 19.6 Å². The molecule has 0 N–H and O–H groups in total. The third-order valence-electron chi connectivity index (χ3n) is 3.91. The highest BCUT2D eigenvalue weighted by Gasteiger charge is 2.27. The van der Waals surface area contributed by atoms with Crippen molar-refractivity contribution in [1.82, 2.24) is 0 Å². The van der Waals surface area contributed by atoms with Crippen LogP contribution in [-0.2, 0) is 9.22 Å². The maximum absolute atomic E-state index is 13.4. The van der Waals surface area contributed by atoms with Crippen LogP contribution >= 0.6 is 0 Å². The molecule has 0 aliphatic rings. The molecule has 0 radical (unpaired) electrons. The van der Waals surface area contributed by atoms with Gasteiger partial charge in [0.15, 0.2) is 5.78 Å². The minimum absolute atomic E-state index is 0.126. The zero-order chi connectivity index (χ0) is 19.5. The van der Waals surface area contributed by atoms with E-state index in [1.165, 1.54) is 31.2 Å². The fourth-order valence-corrected chi connectivity index (χ4v) is 4.03. The largest absolute Gasteiger partial charge is 0.547 e. The van der Waals surface area contributed by atoms with E-state index in [0.29, 0.717) is 11.3 Å². The lowest BCUT2D eigenvalue weighted by Crippen LogP contribution is -2.26. The number of Topliss-reactive ketones (excluding diaryl/α,β-unsaturated/α-hetero) is 1. The van der Waals surface area contributed by atoms with Crippen molar-refractivity contribution in [2.45, 2.75) is 39.4 Å². The van der Waals surface area contributed by atoms with Crippen LogP contribution in [0.25, 0.3) is 0 Å². The van der Waals surface area contributed by atoms with Crippen LogP contribution in [0.2, 0.25) is 19.6 Å². The van der Waals surface area contributed by atoms with Gasteiger partial charge >= 0.3 is 0 Å². The molecular weight excluding hydrogens is 350 g/mol. The minimum Gasteiger partial charge on any atom is -0.547 e. The molecule has 0 unspecified atom stereocenters. The minimum atomic E-state index is -1.92. The lowest BCUT2D eigenvalue weighted by Gasteiger charge is -2.26. The van der Waals surface area contributed by atoms with E-state index in [2.05, 4.69) is 0 Å². The summed E-state index contributed by atoms with van der Waals surface area (Å²) in [7, 11) is -1.92. The summed E-state index contributed by atoms with van der Waals surface area (Å²) in [6.45, 7) is 9.40. The Balaban J connectivity index is 2.67. The van der Waals surface area contributed by atoms with Crippen molar-refractivity contribution in [3.8, 4) is 0 Å². The fraction of sp³-hybridized carbons (Fsp3) is 0.286. The summed E-state index contributed by atoms with van der Waals surface area (Å²) in [6, 6.07) is 12.0. The summed E-state index contributed by atoms with van der Waals surface area (Å²) in [5.41, 5.74) is 2.01. The first-order chi connectivity index (χ1) is 12.1. The van der Waals surface area contributed by atoms with Crippen LogP contribution < -0.4 is 0 Å². The number of halogens is 2. The van der Waals surface area contributed by atoms with Gasteiger partial charge in [-0.15, -0.1) is 0 Å². The van der Waals surface area contributed by atoms with E-state index in [-0.39, 0.29) is 17.4 Å². The van der Waals surface area contributed by atoms with Gasteiger partial charge in [0.2, 0.25) is 8.32 Å². The van der Waals surface area contributed by atoms with Gasteiger partial charge in [0.1, 0.15) is 11.6 Å². The first kappa shape index (κ1) is 20.0. The molecule has 0 saturated carbocycles. The van der Waals surface area contributed by atoms with E-state index in [4.69, 9.17) is 4.43 Å². The fourth-order valence-electron chi connectivity index (χ4n) is 3.00. The van der Waals surface area contributed by atoms with E-state index >= 15 is 0 Å². The Bertz CT molecular complexity index is 758. The zero-order valence-corrected chi connectivity index (χ0v) is 16.8. The Morgan fingerprint density at radius 3 is 1.54 bits per heavy atom. The predicted octanol–water partition coefficient (Wildman–Crippen LogP) is 5.81. The molecule has 2 rings (SSSR count). The molecule has 0 aliphatic carbocycles. The summed E-state index contributed by atoms with van der Waals surface area (Å²) >= 11 is 0. The molecule has 138 valence electrons. The zero-order valence-electron chi connectivity index (χ0n) is 15.8. The number of hydrogen-bond donors (Lipinski definition) is 0. The molecular formula is C21H24F2O2Si. The van der Waals surface area contributed by atoms with Gasteiger partial charge in [-0.05, 0) is 68.9 Å². The monoisotopic (exact) mass is 374 g/mol. The molecule has 2 aromatic rings. The highest BCUT2D eigenvalue weighted by molar-refractivity contribution is 6.70. The second-order valence-electron chi connectivity index (χ2n) is 7.28. The first-order valence-electron chi connectivity index (χ1n) is 8.50. The number of allylic oxidation sites excluding steroid dienone is 2. The van der Waals surface area contributed by atoms with Gasteiger partial charge in [0.25, 0.3) is 0 Å². The molecule has 0 aromatic heterocycles. The topological polar surface area (TPSA) is 26.3 Å². The molecule has 2 aromatic carbocycles. The lowest BCUT2D eigenvalue weighted by atomic mass is 9.82. The molecule has 0 fully saturated rings. The quantitative estimate of drug-likeness (QED) is 0.362. The van der Waals surface area contributed by atoms with Gasteiger partial charge in [-0.2, -0.15) is 0 Å². The maximum Gasteiger partial charge on any atom is 0.241 e. The molecule has 0 aliphatic heterocycles. The SMILES string of the molecule is CC(=O)/C(=C(\C)O[Si](C)(C)C)C(c1ccc(F)cc1)c1ccc(F)cc1. The van der Waals surface area contributed by atoms with Crippen LogP contribution in [0.3, 0.4) is 0 Å². The smallest absolute Gasteiger partial charge is 0.241 e. The first-order valence-corrected chi connectivity index (χ1v) is 11.9. The number of carbonyl (C=O) groups excluding carboxylic acids is 1. The Hall–Kier alpha value is -2.27. The molecule has 0 amide bonds. The van der Waals surface area contributed by atoms with Gasteiger partial charge in [-0.3, -0.25) is 4.79 Å². The second kappa shape index (κ2) is 7.95. The molecule has 26 heavy (non-hydrogen) atoms. The van der Waals surface area contributed by atoms with Crippen molar-refractivity contribution in [3.63, 3.8) is 0 Å². The van der Waals surface area contributed by atoms with E-state index in [9.17, 15) is 13.6 Å². The predicted molar refractivity (Wildman–Crippen MR) is 102 cm³/mol. The molecule has 0 heterocycles. The van der Waals surface area contributed by atoms with Gasteiger partial charge in [-0.1, -0.05) is 24.3 Å². The van der Waals surface area contributed by atoms with Crippen molar-refractivity contribution in [2.24, 2.45) is 0 Å². The third kappa shape index (κ3) is 5.11. The van der Waals surface area contributed by atoms with Crippen LogP contribution in [0.1, 0.15) is 30.9 Å². The average molecular weight is 375 g/mol. The Morgan fingerprint density at radius 1 is 0.846 bits per heavy atom. The Morgan fingerprint density at radius 2 is 1.23 bits per heavy atom. The van der Waals surface area contributed by atoms with Gasteiger partial charge in [0, 0.05) is 11.5 Å². The number of rotatable bonds is 6. The number of carbonyl (C=O) groups is 1.